The first kappa shape index (κ1) is 59.1. The molecule has 0 aromatic heterocycles. The van der Waals surface area contributed by atoms with Gasteiger partial charge >= 0.3 is 64.8 Å². The van der Waals surface area contributed by atoms with Crippen LogP contribution in [0.25, 0.3) is 16.9 Å². The summed E-state index contributed by atoms with van der Waals surface area (Å²) < 4.78 is 1.50. The molecular formula is C62H106N2Ni. The zero-order valence-corrected chi connectivity index (χ0v) is 44.9. The molecule has 2 nitrogen and oxygen atoms in total. The SMILES string of the molecule is CCCCCCCCCCCCCCCCCc1cccc(C2=CC(CCCC)=C(c3cccc(CCCCCCCCCCCCCCCCC)c3)[N+]2=[N-])c1.CCC[CH2][Ni][CH2]CCC. The van der Waals surface area contributed by atoms with Gasteiger partial charge in [-0.25, -0.2) is 4.70 Å². The van der Waals surface area contributed by atoms with Crippen molar-refractivity contribution in [2.45, 2.75) is 296 Å². The van der Waals surface area contributed by atoms with Crippen LogP contribution in [0.4, 0.5) is 0 Å². The maximum absolute atomic E-state index is 11.7. The Morgan fingerprint density at radius 3 is 1.09 bits per heavy atom. The fraction of sp³-hybridized carbons (Fsp3) is 0.742. The summed E-state index contributed by atoms with van der Waals surface area (Å²) in [5, 5.41) is 2.78. The summed E-state index contributed by atoms with van der Waals surface area (Å²) in [6, 6.07) is 18.0. The molecule has 0 spiro atoms. The number of nitrogens with zero attached hydrogens (tertiary/aromatic N) is 2. The van der Waals surface area contributed by atoms with Crippen LogP contribution in [0.2, 0.25) is 10.8 Å². The molecule has 3 rings (SSSR count). The number of aryl methyl sites for hydroxylation is 2. The van der Waals surface area contributed by atoms with Crippen molar-refractivity contribution in [1.29, 1.82) is 0 Å². The summed E-state index contributed by atoms with van der Waals surface area (Å²) in [7, 11) is 0. The van der Waals surface area contributed by atoms with E-state index in [0.29, 0.717) is 0 Å². The third-order valence-electron chi connectivity index (χ3n) is 13.6. The molecule has 374 valence electrons. The number of hydrogen-bond acceptors (Lipinski definition) is 0. The third kappa shape index (κ3) is 30.2. The molecule has 0 saturated heterocycles. The van der Waals surface area contributed by atoms with Crippen molar-refractivity contribution in [2.24, 2.45) is 0 Å². The average molecular weight is 938 g/mol. The van der Waals surface area contributed by atoms with E-state index in [2.05, 4.69) is 89.2 Å². The van der Waals surface area contributed by atoms with Gasteiger partial charge < -0.3 is 5.53 Å². The summed E-state index contributed by atoms with van der Waals surface area (Å²) in [6.45, 7) is 11.4. The molecule has 1 heterocycles. The van der Waals surface area contributed by atoms with E-state index >= 15 is 0 Å². The molecule has 0 atom stereocenters. The summed E-state index contributed by atoms with van der Waals surface area (Å²) in [5.74, 6) is 0. The Labute approximate surface area is 412 Å². The van der Waals surface area contributed by atoms with Crippen LogP contribution in [0.15, 0.2) is 60.2 Å². The number of hydrogen-bond donors (Lipinski definition) is 0. The van der Waals surface area contributed by atoms with Gasteiger partial charge in [-0.05, 0) is 73.9 Å². The first-order valence-corrected chi connectivity index (χ1v) is 30.1. The Bertz CT molecular complexity index is 1460. The van der Waals surface area contributed by atoms with Crippen LogP contribution in [0.1, 0.15) is 294 Å². The molecule has 0 saturated carbocycles. The van der Waals surface area contributed by atoms with Crippen LogP contribution in [0.3, 0.4) is 0 Å². The Morgan fingerprint density at radius 2 is 0.708 bits per heavy atom. The van der Waals surface area contributed by atoms with Crippen LogP contribution in [-0.4, -0.2) is 4.70 Å². The van der Waals surface area contributed by atoms with Gasteiger partial charge in [-0.15, -0.1) is 0 Å². The first-order chi connectivity index (χ1) is 32.1. The van der Waals surface area contributed by atoms with Crippen molar-refractivity contribution < 1.29 is 19.1 Å². The van der Waals surface area contributed by atoms with E-state index in [-0.39, 0.29) is 0 Å². The van der Waals surface area contributed by atoms with E-state index in [4.69, 9.17) is 0 Å². The van der Waals surface area contributed by atoms with E-state index in [1.165, 1.54) is 250 Å². The maximum atomic E-state index is 11.7. The molecule has 65 heavy (non-hydrogen) atoms. The fourth-order valence-electron chi connectivity index (χ4n) is 9.24. The van der Waals surface area contributed by atoms with Gasteiger partial charge in [0, 0.05) is 22.8 Å². The van der Waals surface area contributed by atoms with Crippen molar-refractivity contribution in [3.05, 3.63) is 88.0 Å². The predicted molar refractivity (Wildman–Crippen MR) is 288 cm³/mol. The number of rotatable bonds is 43. The second-order valence-corrected chi connectivity index (χ2v) is 21.3. The molecule has 0 amide bonds. The average Bonchev–Trinajstić information content (AvgIpc) is 3.66. The van der Waals surface area contributed by atoms with Gasteiger partial charge in [0.25, 0.3) is 0 Å². The van der Waals surface area contributed by atoms with E-state index in [1.807, 2.05) is 14.4 Å². The number of unbranched alkanes of at least 4 members (excludes halogenated alkanes) is 31. The topological polar surface area (TPSA) is 25.3 Å². The fourth-order valence-corrected chi connectivity index (χ4v) is 10.7. The normalized spacial score (nSPS) is 12.6. The standard InChI is InChI=1S/C54H88N2.2C4H9.Ni/c1-4-7-10-12-14-16-18-20-22-24-26-28-30-32-34-38-48-40-36-43-50(45-48)53-47-52(42-9-6-3)54(56(53)55)51-44-37-41-49(46-51)39-35-33-31-29-27-25-23-21-19-17-15-13-11-8-5-2;2*1-3-4-2;/h36-37,40-41,43-47H,4-35,38-39,42H2,1-3H3;2*1,3-4H2,2H3;. The van der Waals surface area contributed by atoms with Crippen LogP contribution >= 0.6 is 0 Å². The van der Waals surface area contributed by atoms with Gasteiger partial charge in [-0.1, -0.05) is 231 Å². The monoisotopic (exact) mass is 937 g/mol. The molecule has 0 fully saturated rings. The van der Waals surface area contributed by atoms with E-state index in [0.717, 1.165) is 54.6 Å². The van der Waals surface area contributed by atoms with Crippen LogP contribution in [-0.2, 0) is 27.3 Å². The Morgan fingerprint density at radius 1 is 0.369 bits per heavy atom. The van der Waals surface area contributed by atoms with Gasteiger partial charge in [0.05, 0.1) is 0 Å². The minimum absolute atomic E-state index is 0.928. The van der Waals surface area contributed by atoms with Crippen molar-refractivity contribution in [2.75, 3.05) is 0 Å². The molecule has 3 heteroatoms. The summed E-state index contributed by atoms with van der Waals surface area (Å²) in [5.41, 5.74) is 20.0. The molecular weight excluding hydrogens is 831 g/mol. The Balaban J connectivity index is 0.00000145. The molecule has 2 aromatic rings. The van der Waals surface area contributed by atoms with E-state index in [9.17, 15) is 5.53 Å². The third-order valence-corrected chi connectivity index (χ3v) is 15.0. The van der Waals surface area contributed by atoms with Crippen molar-refractivity contribution in [3.8, 4) is 0 Å². The van der Waals surface area contributed by atoms with Crippen LogP contribution in [0.5, 0.6) is 0 Å². The first-order valence-electron chi connectivity index (χ1n) is 28.7. The number of allylic oxidation sites excluding steroid dienone is 2. The van der Waals surface area contributed by atoms with Gasteiger partial charge in [0.2, 0.25) is 11.4 Å². The zero-order chi connectivity index (χ0) is 46.7. The molecule has 0 aliphatic carbocycles. The van der Waals surface area contributed by atoms with Gasteiger partial charge in [-0.3, -0.25) is 0 Å². The quantitative estimate of drug-likeness (QED) is 0.0360. The van der Waals surface area contributed by atoms with E-state index < -0.39 is 0 Å². The van der Waals surface area contributed by atoms with Crippen molar-refractivity contribution in [1.82, 2.24) is 0 Å². The molecule has 0 bridgehead atoms. The van der Waals surface area contributed by atoms with Gasteiger partial charge in [0.1, 0.15) is 0 Å². The molecule has 0 N–H and O–H groups in total. The van der Waals surface area contributed by atoms with Crippen molar-refractivity contribution >= 4 is 11.4 Å². The summed E-state index contributed by atoms with van der Waals surface area (Å²) in [4.78, 5) is 0. The molecule has 0 radical (unpaired) electrons. The molecule has 2 aromatic carbocycles. The summed E-state index contributed by atoms with van der Waals surface area (Å²) >= 11 is 1.94. The second kappa shape index (κ2) is 43.3. The van der Waals surface area contributed by atoms with Gasteiger partial charge in [-0.2, -0.15) is 0 Å². The van der Waals surface area contributed by atoms with Crippen LogP contribution < -0.4 is 0 Å². The number of benzene rings is 2. The van der Waals surface area contributed by atoms with Crippen molar-refractivity contribution in [3.63, 3.8) is 0 Å². The minimum atomic E-state index is 0.928. The van der Waals surface area contributed by atoms with E-state index in [1.54, 1.807) is 0 Å². The predicted octanol–water partition coefficient (Wildman–Crippen LogP) is 22.0. The second-order valence-electron chi connectivity index (χ2n) is 19.8. The zero-order valence-electron chi connectivity index (χ0n) is 43.9. The Hall–Kier alpha value is -1.99. The Kier molecular flexibility index (Phi) is 39.4. The molecule has 1 aliphatic heterocycles. The molecule has 1 aliphatic rings. The van der Waals surface area contributed by atoms with Crippen LogP contribution in [0, 0.1) is 0 Å². The van der Waals surface area contributed by atoms with Gasteiger partial charge in [0.15, 0.2) is 0 Å². The summed E-state index contributed by atoms with van der Waals surface area (Å²) in [6.07, 6.45) is 55.3. The molecule has 0 unspecified atom stereocenters.